The van der Waals surface area contributed by atoms with Gasteiger partial charge >= 0.3 is 0 Å². The molecular weight excluding hydrogens is 242 g/mol. The number of fused-ring (bicyclic) bond motifs is 1. The van der Waals surface area contributed by atoms with Gasteiger partial charge in [-0.3, -0.25) is 0 Å². The average molecular weight is 265 g/mol. The van der Waals surface area contributed by atoms with Crippen LogP contribution >= 0.6 is 11.8 Å². The number of benzene rings is 1. The van der Waals surface area contributed by atoms with E-state index in [1.165, 1.54) is 23.5 Å². The minimum atomic E-state index is 0.516. The van der Waals surface area contributed by atoms with Gasteiger partial charge in [-0.2, -0.15) is 11.8 Å². The first-order chi connectivity index (χ1) is 8.81. The fraction of sp³-hybridized carbons (Fsp3) is 0.600. The van der Waals surface area contributed by atoms with Crippen molar-refractivity contribution in [1.29, 1.82) is 0 Å². The van der Waals surface area contributed by atoms with Crippen molar-refractivity contribution >= 4 is 11.8 Å². The van der Waals surface area contributed by atoms with Gasteiger partial charge in [-0.25, -0.2) is 0 Å². The number of rotatable bonds is 7. The van der Waals surface area contributed by atoms with Crippen molar-refractivity contribution in [3.05, 3.63) is 29.8 Å². The molecule has 0 bridgehead atoms. The summed E-state index contributed by atoms with van der Waals surface area (Å²) in [6.45, 7) is 6.34. The van der Waals surface area contributed by atoms with Crippen molar-refractivity contribution in [2.75, 3.05) is 24.7 Å². The summed E-state index contributed by atoms with van der Waals surface area (Å²) in [5, 5.41) is 3.63. The first-order valence-corrected chi connectivity index (χ1v) is 7.99. The molecule has 0 aliphatic carbocycles. The standard InChI is InChI=1S/C15H23NOS/c1-3-18-9-8-12(2)16-10-13-11-17-15-7-5-4-6-14(13)15/h4-7,12-13,16H,3,8-11H2,1-2H3. The second-order valence-electron chi connectivity index (χ2n) is 4.84. The van der Waals surface area contributed by atoms with E-state index in [0.29, 0.717) is 12.0 Å². The summed E-state index contributed by atoms with van der Waals surface area (Å²) in [6, 6.07) is 8.99. The van der Waals surface area contributed by atoms with Crippen LogP contribution in [-0.2, 0) is 0 Å². The molecule has 1 aliphatic heterocycles. The molecule has 0 saturated carbocycles. The highest BCUT2D eigenvalue weighted by atomic mass is 32.2. The number of nitrogens with one attached hydrogen (secondary N) is 1. The third-order valence-corrected chi connectivity index (χ3v) is 4.34. The van der Waals surface area contributed by atoms with Crippen LogP contribution in [0.3, 0.4) is 0 Å². The summed E-state index contributed by atoms with van der Waals surface area (Å²) in [7, 11) is 0. The molecule has 1 N–H and O–H groups in total. The fourth-order valence-electron chi connectivity index (χ4n) is 2.25. The Morgan fingerprint density at radius 3 is 3.11 bits per heavy atom. The lowest BCUT2D eigenvalue weighted by Crippen LogP contribution is -2.31. The lowest BCUT2D eigenvalue weighted by atomic mass is 10.0. The smallest absolute Gasteiger partial charge is 0.122 e. The highest BCUT2D eigenvalue weighted by Crippen LogP contribution is 2.32. The van der Waals surface area contributed by atoms with Crippen LogP contribution in [0, 0.1) is 0 Å². The van der Waals surface area contributed by atoms with E-state index in [9.17, 15) is 0 Å². The second-order valence-corrected chi connectivity index (χ2v) is 6.23. The molecule has 0 amide bonds. The number of ether oxygens (including phenoxy) is 1. The average Bonchev–Trinajstić information content (AvgIpc) is 2.80. The third kappa shape index (κ3) is 3.66. The van der Waals surface area contributed by atoms with Gasteiger partial charge in [0.2, 0.25) is 0 Å². The van der Waals surface area contributed by atoms with Crippen LogP contribution in [-0.4, -0.2) is 30.7 Å². The molecule has 1 heterocycles. The zero-order valence-electron chi connectivity index (χ0n) is 11.3. The molecule has 2 rings (SSSR count). The molecule has 0 fully saturated rings. The molecule has 2 atom stereocenters. The molecule has 2 nitrogen and oxygen atoms in total. The van der Waals surface area contributed by atoms with Crippen molar-refractivity contribution < 1.29 is 4.74 Å². The number of thioether (sulfide) groups is 1. The van der Waals surface area contributed by atoms with Crippen molar-refractivity contribution in [2.45, 2.75) is 32.2 Å². The van der Waals surface area contributed by atoms with Crippen LogP contribution in [0.15, 0.2) is 24.3 Å². The van der Waals surface area contributed by atoms with Crippen LogP contribution in [0.5, 0.6) is 5.75 Å². The Bertz CT molecular complexity index is 369. The fourth-order valence-corrected chi connectivity index (χ4v) is 3.06. The molecule has 0 radical (unpaired) electrons. The molecule has 0 saturated heterocycles. The quantitative estimate of drug-likeness (QED) is 0.764. The minimum Gasteiger partial charge on any atom is -0.493 e. The molecule has 2 unspecified atom stereocenters. The number of hydrogen-bond acceptors (Lipinski definition) is 3. The Balaban J connectivity index is 1.75. The van der Waals surface area contributed by atoms with Gasteiger partial charge in [-0.15, -0.1) is 0 Å². The third-order valence-electron chi connectivity index (χ3n) is 3.41. The van der Waals surface area contributed by atoms with E-state index in [2.05, 4.69) is 37.4 Å². The van der Waals surface area contributed by atoms with Crippen LogP contribution in [0.1, 0.15) is 31.7 Å². The van der Waals surface area contributed by atoms with Crippen LogP contribution < -0.4 is 10.1 Å². The van der Waals surface area contributed by atoms with Gasteiger partial charge in [-0.1, -0.05) is 25.1 Å². The van der Waals surface area contributed by atoms with E-state index in [-0.39, 0.29) is 0 Å². The summed E-state index contributed by atoms with van der Waals surface area (Å²) in [5.74, 6) is 4.06. The van der Waals surface area contributed by atoms with E-state index < -0.39 is 0 Å². The summed E-state index contributed by atoms with van der Waals surface area (Å²) >= 11 is 2.02. The summed E-state index contributed by atoms with van der Waals surface area (Å²) < 4.78 is 5.70. The van der Waals surface area contributed by atoms with Crippen molar-refractivity contribution in [1.82, 2.24) is 5.32 Å². The largest absolute Gasteiger partial charge is 0.493 e. The molecule has 0 aromatic heterocycles. The van der Waals surface area contributed by atoms with E-state index in [4.69, 9.17) is 4.74 Å². The molecule has 0 spiro atoms. The van der Waals surface area contributed by atoms with Gasteiger partial charge in [-0.05, 0) is 30.9 Å². The highest BCUT2D eigenvalue weighted by Gasteiger charge is 2.23. The van der Waals surface area contributed by atoms with E-state index >= 15 is 0 Å². The van der Waals surface area contributed by atoms with Crippen molar-refractivity contribution in [3.63, 3.8) is 0 Å². The number of para-hydroxylation sites is 1. The maximum absolute atomic E-state index is 5.70. The van der Waals surface area contributed by atoms with Gasteiger partial charge in [0.05, 0.1) is 6.61 Å². The van der Waals surface area contributed by atoms with Gasteiger partial charge in [0, 0.05) is 24.1 Å². The Labute approximate surface area is 114 Å². The van der Waals surface area contributed by atoms with Crippen molar-refractivity contribution in [2.24, 2.45) is 0 Å². The Morgan fingerprint density at radius 1 is 1.44 bits per heavy atom. The monoisotopic (exact) mass is 265 g/mol. The predicted molar refractivity (Wildman–Crippen MR) is 79.8 cm³/mol. The first-order valence-electron chi connectivity index (χ1n) is 6.84. The second kappa shape index (κ2) is 7.05. The SMILES string of the molecule is CCSCCC(C)NCC1COc2ccccc21. The molecule has 1 aliphatic rings. The van der Waals surface area contributed by atoms with Gasteiger partial charge in [0.15, 0.2) is 0 Å². The summed E-state index contributed by atoms with van der Waals surface area (Å²) in [5.41, 5.74) is 1.36. The molecule has 18 heavy (non-hydrogen) atoms. The zero-order valence-corrected chi connectivity index (χ0v) is 12.1. The van der Waals surface area contributed by atoms with Gasteiger partial charge in [0.25, 0.3) is 0 Å². The first kappa shape index (κ1) is 13.8. The lowest BCUT2D eigenvalue weighted by Gasteiger charge is -2.16. The highest BCUT2D eigenvalue weighted by molar-refractivity contribution is 7.99. The normalized spacial score (nSPS) is 19.3. The minimum absolute atomic E-state index is 0.516. The topological polar surface area (TPSA) is 21.3 Å². The van der Waals surface area contributed by atoms with E-state index in [1.807, 2.05) is 17.8 Å². The molecular formula is C15H23NOS. The van der Waals surface area contributed by atoms with Crippen molar-refractivity contribution in [3.8, 4) is 5.75 Å². The molecule has 1 aromatic carbocycles. The zero-order chi connectivity index (χ0) is 12.8. The maximum atomic E-state index is 5.70. The van der Waals surface area contributed by atoms with Gasteiger partial charge in [0.1, 0.15) is 5.75 Å². The predicted octanol–water partition coefficient (Wildman–Crippen LogP) is 3.28. The van der Waals surface area contributed by atoms with Crippen LogP contribution in [0.2, 0.25) is 0 Å². The van der Waals surface area contributed by atoms with E-state index in [1.54, 1.807) is 0 Å². The van der Waals surface area contributed by atoms with Gasteiger partial charge < -0.3 is 10.1 Å². The number of hydrogen-bond donors (Lipinski definition) is 1. The lowest BCUT2D eigenvalue weighted by molar-refractivity contribution is 0.322. The van der Waals surface area contributed by atoms with E-state index in [0.717, 1.165) is 18.9 Å². The molecule has 100 valence electrons. The van der Waals surface area contributed by atoms with Crippen LogP contribution in [0.4, 0.5) is 0 Å². The summed E-state index contributed by atoms with van der Waals surface area (Å²) in [4.78, 5) is 0. The Kier molecular flexibility index (Phi) is 5.39. The Morgan fingerprint density at radius 2 is 2.28 bits per heavy atom. The molecule has 1 aromatic rings. The Hall–Kier alpha value is -0.670. The summed E-state index contributed by atoms with van der Waals surface area (Å²) in [6.07, 6.45) is 1.24. The van der Waals surface area contributed by atoms with Crippen LogP contribution in [0.25, 0.3) is 0 Å². The maximum Gasteiger partial charge on any atom is 0.122 e. The molecule has 3 heteroatoms.